The molecule has 3 aromatic rings. The summed E-state index contributed by atoms with van der Waals surface area (Å²) >= 11 is 0. The highest BCUT2D eigenvalue weighted by molar-refractivity contribution is 6.05. The third-order valence-electron chi connectivity index (χ3n) is 5.43. The maximum Gasteiger partial charge on any atom is 0.253 e. The van der Waals surface area contributed by atoms with Crippen LogP contribution in [0.2, 0.25) is 0 Å². The molecule has 152 valence electrons. The van der Waals surface area contributed by atoms with Crippen LogP contribution >= 0.6 is 0 Å². The standard InChI is InChI=1S/C22H27N5O2/c1-29-20-8-3-2-7-19(20)27-14-12-26(13-15-27)11-5-10-24-22(28)18-16-25-21-17(18)6-4-9-23-21/h2-4,6-9,16H,5,10-15H2,1H3,(H,23,25)(H,24,28). The topological polar surface area (TPSA) is 73.5 Å². The van der Waals surface area contributed by atoms with Gasteiger partial charge in [0, 0.05) is 50.5 Å². The summed E-state index contributed by atoms with van der Waals surface area (Å²) in [6.07, 6.45) is 4.37. The summed E-state index contributed by atoms with van der Waals surface area (Å²) in [7, 11) is 1.72. The highest BCUT2D eigenvalue weighted by atomic mass is 16.5. The highest BCUT2D eigenvalue weighted by Gasteiger charge is 2.19. The fraction of sp³-hybridized carbons (Fsp3) is 0.364. The van der Waals surface area contributed by atoms with E-state index in [0.717, 1.165) is 61.6 Å². The Morgan fingerprint density at radius 3 is 2.83 bits per heavy atom. The van der Waals surface area contributed by atoms with E-state index < -0.39 is 0 Å². The molecule has 2 aromatic heterocycles. The van der Waals surface area contributed by atoms with E-state index in [1.165, 1.54) is 0 Å². The second-order valence-electron chi connectivity index (χ2n) is 7.21. The predicted octanol–water partition coefficient (Wildman–Crippen LogP) is 2.51. The molecule has 0 aliphatic carbocycles. The van der Waals surface area contributed by atoms with E-state index in [0.29, 0.717) is 12.1 Å². The molecular formula is C22H27N5O2. The summed E-state index contributed by atoms with van der Waals surface area (Å²) < 4.78 is 5.48. The van der Waals surface area contributed by atoms with Crippen molar-refractivity contribution in [2.24, 2.45) is 0 Å². The average Bonchev–Trinajstić information content (AvgIpc) is 3.21. The normalized spacial score (nSPS) is 14.9. The van der Waals surface area contributed by atoms with Crippen LogP contribution in [0, 0.1) is 0 Å². The first-order chi connectivity index (χ1) is 14.3. The van der Waals surface area contributed by atoms with Gasteiger partial charge in [-0.05, 0) is 37.2 Å². The van der Waals surface area contributed by atoms with Gasteiger partial charge >= 0.3 is 0 Å². The monoisotopic (exact) mass is 393 g/mol. The molecule has 1 saturated heterocycles. The first-order valence-electron chi connectivity index (χ1n) is 10.1. The van der Waals surface area contributed by atoms with Gasteiger partial charge < -0.3 is 19.9 Å². The van der Waals surface area contributed by atoms with E-state index in [1.807, 2.05) is 24.3 Å². The molecule has 1 aromatic carbocycles. The quantitative estimate of drug-likeness (QED) is 0.604. The number of aromatic nitrogens is 2. The fourth-order valence-electron chi connectivity index (χ4n) is 3.85. The van der Waals surface area contributed by atoms with Crippen LogP contribution < -0.4 is 15.0 Å². The lowest BCUT2D eigenvalue weighted by molar-refractivity contribution is 0.0953. The Labute approximate surface area is 170 Å². The second kappa shape index (κ2) is 8.96. The number of nitrogens with zero attached hydrogens (tertiary/aromatic N) is 3. The van der Waals surface area contributed by atoms with Crippen LogP contribution in [0.4, 0.5) is 5.69 Å². The number of aromatic amines is 1. The van der Waals surface area contributed by atoms with Crippen molar-refractivity contribution in [2.75, 3.05) is 51.3 Å². The van der Waals surface area contributed by atoms with Crippen molar-refractivity contribution in [3.63, 3.8) is 0 Å². The smallest absolute Gasteiger partial charge is 0.253 e. The van der Waals surface area contributed by atoms with Gasteiger partial charge in [-0.1, -0.05) is 12.1 Å². The molecule has 1 aliphatic heterocycles. The summed E-state index contributed by atoms with van der Waals surface area (Å²) in [5.74, 6) is 0.876. The van der Waals surface area contributed by atoms with Gasteiger partial charge in [-0.2, -0.15) is 0 Å². The lowest BCUT2D eigenvalue weighted by Crippen LogP contribution is -2.47. The van der Waals surface area contributed by atoms with Crippen LogP contribution in [-0.4, -0.2) is 67.2 Å². The number of piperazine rings is 1. The van der Waals surface area contributed by atoms with Crippen molar-refractivity contribution < 1.29 is 9.53 Å². The van der Waals surface area contributed by atoms with Gasteiger partial charge in [-0.3, -0.25) is 9.69 Å². The van der Waals surface area contributed by atoms with E-state index in [1.54, 1.807) is 19.5 Å². The number of pyridine rings is 1. The van der Waals surface area contributed by atoms with Crippen molar-refractivity contribution in [1.82, 2.24) is 20.2 Å². The molecule has 0 radical (unpaired) electrons. The number of ether oxygens (including phenoxy) is 1. The number of nitrogens with one attached hydrogen (secondary N) is 2. The molecule has 0 bridgehead atoms. The molecule has 7 nitrogen and oxygen atoms in total. The molecule has 4 rings (SSSR count). The lowest BCUT2D eigenvalue weighted by atomic mass is 10.2. The molecule has 7 heteroatoms. The number of methoxy groups -OCH3 is 1. The summed E-state index contributed by atoms with van der Waals surface area (Å²) in [5.41, 5.74) is 2.55. The molecule has 29 heavy (non-hydrogen) atoms. The van der Waals surface area contributed by atoms with Gasteiger partial charge in [-0.15, -0.1) is 0 Å². The first kappa shape index (κ1) is 19.3. The molecule has 1 aliphatic rings. The highest BCUT2D eigenvalue weighted by Crippen LogP contribution is 2.28. The Morgan fingerprint density at radius 2 is 2.00 bits per heavy atom. The largest absolute Gasteiger partial charge is 0.495 e. The fourth-order valence-corrected chi connectivity index (χ4v) is 3.85. The van der Waals surface area contributed by atoms with Crippen LogP contribution in [0.25, 0.3) is 11.0 Å². The summed E-state index contributed by atoms with van der Waals surface area (Å²) in [6, 6.07) is 11.9. The summed E-state index contributed by atoms with van der Waals surface area (Å²) in [5, 5.41) is 3.88. The number of rotatable bonds is 7. The zero-order chi connectivity index (χ0) is 20.1. The van der Waals surface area contributed by atoms with Gasteiger partial charge in [0.15, 0.2) is 0 Å². The van der Waals surface area contributed by atoms with Gasteiger partial charge in [-0.25, -0.2) is 4.98 Å². The van der Waals surface area contributed by atoms with Crippen LogP contribution in [0.15, 0.2) is 48.8 Å². The number of para-hydroxylation sites is 2. The molecule has 0 atom stereocenters. The van der Waals surface area contributed by atoms with E-state index in [-0.39, 0.29) is 5.91 Å². The molecule has 0 spiro atoms. The number of hydrogen-bond acceptors (Lipinski definition) is 5. The SMILES string of the molecule is COc1ccccc1N1CCN(CCCNC(=O)c2c[nH]c3ncccc23)CC1. The number of benzene rings is 1. The van der Waals surface area contributed by atoms with Gasteiger partial charge in [0.05, 0.1) is 18.4 Å². The van der Waals surface area contributed by atoms with Crippen molar-refractivity contribution >= 4 is 22.6 Å². The van der Waals surface area contributed by atoms with Crippen molar-refractivity contribution in [1.29, 1.82) is 0 Å². The van der Waals surface area contributed by atoms with Crippen LogP contribution in [-0.2, 0) is 0 Å². The first-order valence-corrected chi connectivity index (χ1v) is 10.1. The number of H-pyrrole nitrogens is 1. The van der Waals surface area contributed by atoms with E-state index in [2.05, 4.69) is 37.2 Å². The van der Waals surface area contributed by atoms with Crippen LogP contribution in [0.5, 0.6) is 5.75 Å². The minimum atomic E-state index is -0.0507. The number of hydrogen-bond donors (Lipinski definition) is 2. The molecule has 2 N–H and O–H groups in total. The minimum absolute atomic E-state index is 0.0507. The zero-order valence-electron chi connectivity index (χ0n) is 16.7. The summed E-state index contributed by atoms with van der Waals surface area (Å²) in [6.45, 7) is 5.64. The Hall–Kier alpha value is -3.06. The Kier molecular flexibility index (Phi) is 5.95. The number of carbonyl (C=O) groups is 1. The summed E-state index contributed by atoms with van der Waals surface area (Å²) in [4.78, 5) is 24.5. The molecule has 1 amide bonds. The Morgan fingerprint density at radius 1 is 1.17 bits per heavy atom. The zero-order valence-corrected chi connectivity index (χ0v) is 16.7. The van der Waals surface area contributed by atoms with Gasteiger partial charge in [0.2, 0.25) is 0 Å². The van der Waals surface area contributed by atoms with Crippen molar-refractivity contribution in [2.45, 2.75) is 6.42 Å². The molecule has 0 saturated carbocycles. The Bertz CT molecular complexity index is 963. The third-order valence-corrected chi connectivity index (χ3v) is 5.43. The predicted molar refractivity (Wildman–Crippen MR) is 115 cm³/mol. The maximum atomic E-state index is 12.4. The average molecular weight is 393 g/mol. The second-order valence-corrected chi connectivity index (χ2v) is 7.21. The van der Waals surface area contributed by atoms with Crippen molar-refractivity contribution in [3.05, 3.63) is 54.4 Å². The number of fused-ring (bicyclic) bond motifs is 1. The number of amides is 1. The Balaban J connectivity index is 1.21. The number of anilines is 1. The molecule has 1 fully saturated rings. The third kappa shape index (κ3) is 4.35. The lowest BCUT2D eigenvalue weighted by Gasteiger charge is -2.36. The van der Waals surface area contributed by atoms with Gasteiger partial charge in [0.1, 0.15) is 11.4 Å². The van der Waals surface area contributed by atoms with Gasteiger partial charge in [0.25, 0.3) is 5.91 Å². The number of carbonyl (C=O) groups excluding carboxylic acids is 1. The van der Waals surface area contributed by atoms with Crippen LogP contribution in [0.1, 0.15) is 16.8 Å². The maximum absolute atomic E-state index is 12.4. The molecular weight excluding hydrogens is 366 g/mol. The van der Waals surface area contributed by atoms with Crippen LogP contribution in [0.3, 0.4) is 0 Å². The van der Waals surface area contributed by atoms with E-state index >= 15 is 0 Å². The molecule has 0 unspecified atom stereocenters. The van der Waals surface area contributed by atoms with Crippen molar-refractivity contribution in [3.8, 4) is 5.75 Å². The van der Waals surface area contributed by atoms with E-state index in [9.17, 15) is 4.79 Å². The van der Waals surface area contributed by atoms with E-state index in [4.69, 9.17) is 4.74 Å². The minimum Gasteiger partial charge on any atom is -0.495 e. The molecule has 3 heterocycles.